The van der Waals surface area contributed by atoms with E-state index in [1.807, 2.05) is 0 Å². The molecule has 1 N–H and O–H groups in total. The Hall–Kier alpha value is -4.24. The molecule has 2 aromatic heterocycles. The molecule has 1 unspecified atom stereocenters. The number of aliphatic hydroxyl groups is 1. The zero-order valence-electron chi connectivity index (χ0n) is 16.7. The van der Waals surface area contributed by atoms with E-state index < -0.39 is 22.9 Å². The SMILES string of the molecule is CC(=O)c1cc(=O)c2c(OC(O)COc3cccc4oc(C=O)cc(=O)c34)cccc2o1. The second kappa shape index (κ2) is 8.48. The van der Waals surface area contributed by atoms with Crippen molar-refractivity contribution >= 4 is 34.0 Å². The molecule has 0 aliphatic rings. The minimum absolute atomic E-state index is 0.0375. The Labute approximate surface area is 179 Å². The second-order valence-electron chi connectivity index (χ2n) is 6.80. The number of hydrogen-bond acceptors (Lipinski definition) is 9. The van der Waals surface area contributed by atoms with Gasteiger partial charge in [0, 0.05) is 19.1 Å². The largest absolute Gasteiger partial charge is 0.486 e. The molecule has 4 rings (SSSR count). The lowest BCUT2D eigenvalue weighted by Crippen LogP contribution is -2.25. The summed E-state index contributed by atoms with van der Waals surface area (Å²) in [7, 11) is 0. The fourth-order valence-corrected chi connectivity index (χ4v) is 3.17. The summed E-state index contributed by atoms with van der Waals surface area (Å²) in [5.41, 5.74) is -0.698. The lowest BCUT2D eigenvalue weighted by molar-refractivity contribution is -0.0467. The monoisotopic (exact) mass is 436 g/mol. The number of carbonyl (C=O) groups excluding carboxylic acids is 2. The first-order valence-electron chi connectivity index (χ1n) is 9.45. The predicted octanol–water partition coefficient (Wildman–Crippen LogP) is 2.69. The van der Waals surface area contributed by atoms with Crippen LogP contribution < -0.4 is 20.3 Å². The lowest BCUT2D eigenvalue weighted by atomic mass is 10.2. The Balaban J connectivity index is 1.58. The molecule has 0 radical (unpaired) electrons. The second-order valence-corrected chi connectivity index (χ2v) is 6.80. The van der Waals surface area contributed by atoms with E-state index in [9.17, 15) is 24.3 Å². The number of aldehydes is 1. The van der Waals surface area contributed by atoms with Crippen LogP contribution in [0.5, 0.6) is 11.5 Å². The number of fused-ring (bicyclic) bond motifs is 2. The first kappa shape index (κ1) is 21.0. The van der Waals surface area contributed by atoms with Crippen molar-refractivity contribution in [3.63, 3.8) is 0 Å². The van der Waals surface area contributed by atoms with E-state index in [0.717, 1.165) is 12.1 Å². The van der Waals surface area contributed by atoms with Gasteiger partial charge in [0.15, 0.2) is 41.1 Å². The van der Waals surface area contributed by atoms with Crippen molar-refractivity contribution in [3.8, 4) is 11.5 Å². The average molecular weight is 436 g/mol. The van der Waals surface area contributed by atoms with E-state index in [2.05, 4.69) is 0 Å². The van der Waals surface area contributed by atoms with Gasteiger partial charge in [0.05, 0.1) is 0 Å². The minimum Gasteiger partial charge on any atom is -0.486 e. The summed E-state index contributed by atoms with van der Waals surface area (Å²) in [6, 6.07) is 11.2. The summed E-state index contributed by atoms with van der Waals surface area (Å²) in [6.07, 6.45) is -1.09. The van der Waals surface area contributed by atoms with Crippen molar-refractivity contribution in [2.24, 2.45) is 0 Å². The van der Waals surface area contributed by atoms with Crippen LogP contribution in [0.15, 0.2) is 67.0 Å². The molecule has 0 saturated heterocycles. The Morgan fingerprint density at radius 2 is 1.62 bits per heavy atom. The molecular weight excluding hydrogens is 420 g/mol. The highest BCUT2D eigenvalue weighted by molar-refractivity contribution is 5.93. The number of hydrogen-bond donors (Lipinski definition) is 1. The third-order valence-corrected chi connectivity index (χ3v) is 4.56. The summed E-state index contributed by atoms with van der Waals surface area (Å²) < 4.78 is 21.7. The van der Waals surface area contributed by atoms with Crippen LogP contribution >= 0.6 is 0 Å². The van der Waals surface area contributed by atoms with Gasteiger partial charge in [-0.1, -0.05) is 12.1 Å². The number of ketones is 1. The standard InChI is InChI=1S/C23H16O9/c1-12(25)20-9-15(27)23-18(31-20)6-3-7-19(23)32-21(28)11-29-16-4-2-5-17-22(16)14(26)8-13(10-24)30-17/h2-10,21,28H,11H2,1H3. The van der Waals surface area contributed by atoms with E-state index in [4.69, 9.17) is 18.3 Å². The van der Waals surface area contributed by atoms with Crippen molar-refractivity contribution in [1.29, 1.82) is 0 Å². The highest BCUT2D eigenvalue weighted by Crippen LogP contribution is 2.26. The number of Topliss-reactive ketones (excluding diaryl/α,β-unsaturated/α-hetero) is 1. The van der Waals surface area contributed by atoms with Crippen LogP contribution in [0.25, 0.3) is 21.9 Å². The van der Waals surface area contributed by atoms with Gasteiger partial charge < -0.3 is 23.4 Å². The summed E-state index contributed by atoms with van der Waals surface area (Å²) in [6.45, 7) is 0.889. The molecule has 0 amide bonds. The summed E-state index contributed by atoms with van der Waals surface area (Å²) in [4.78, 5) is 47.2. The molecule has 9 nitrogen and oxygen atoms in total. The maximum absolute atomic E-state index is 12.4. The van der Waals surface area contributed by atoms with E-state index >= 15 is 0 Å². The quantitative estimate of drug-likeness (QED) is 0.264. The van der Waals surface area contributed by atoms with Gasteiger partial charge >= 0.3 is 0 Å². The van der Waals surface area contributed by atoms with E-state index in [0.29, 0.717) is 6.29 Å². The summed E-state index contributed by atoms with van der Waals surface area (Å²) in [5.74, 6) is -0.444. The van der Waals surface area contributed by atoms with Crippen LogP contribution in [0, 0.1) is 0 Å². The molecule has 0 saturated carbocycles. The van der Waals surface area contributed by atoms with Crippen molar-refractivity contribution in [1.82, 2.24) is 0 Å². The van der Waals surface area contributed by atoms with E-state index in [-0.39, 0.29) is 51.6 Å². The Bertz CT molecular complexity index is 1460. The van der Waals surface area contributed by atoms with Gasteiger partial charge in [-0.3, -0.25) is 19.2 Å². The van der Waals surface area contributed by atoms with Crippen molar-refractivity contribution in [2.45, 2.75) is 13.2 Å². The van der Waals surface area contributed by atoms with Gasteiger partial charge in [0.1, 0.15) is 33.4 Å². The third-order valence-electron chi connectivity index (χ3n) is 4.56. The lowest BCUT2D eigenvalue weighted by Gasteiger charge is -2.16. The molecule has 0 fully saturated rings. The number of rotatable bonds is 7. The number of carbonyl (C=O) groups is 2. The van der Waals surface area contributed by atoms with Crippen LogP contribution in [0.2, 0.25) is 0 Å². The Kier molecular flexibility index (Phi) is 5.57. The Morgan fingerprint density at radius 1 is 1.00 bits per heavy atom. The molecule has 1 atom stereocenters. The zero-order chi connectivity index (χ0) is 22.8. The molecule has 32 heavy (non-hydrogen) atoms. The zero-order valence-corrected chi connectivity index (χ0v) is 16.7. The maximum Gasteiger partial charge on any atom is 0.231 e. The van der Waals surface area contributed by atoms with Gasteiger partial charge in [-0.05, 0) is 24.3 Å². The molecule has 0 aliphatic heterocycles. The van der Waals surface area contributed by atoms with Gasteiger partial charge in [-0.2, -0.15) is 0 Å². The van der Waals surface area contributed by atoms with Crippen molar-refractivity contribution in [2.75, 3.05) is 6.61 Å². The number of ether oxygens (including phenoxy) is 2. The third kappa shape index (κ3) is 4.01. The summed E-state index contributed by atoms with van der Waals surface area (Å²) >= 11 is 0. The van der Waals surface area contributed by atoms with Crippen LogP contribution in [0.4, 0.5) is 0 Å². The van der Waals surface area contributed by atoms with Gasteiger partial charge in [-0.15, -0.1) is 0 Å². The molecule has 2 heterocycles. The number of aliphatic hydroxyl groups excluding tert-OH is 1. The average Bonchev–Trinajstić information content (AvgIpc) is 2.77. The van der Waals surface area contributed by atoms with Gasteiger partial charge in [-0.25, -0.2) is 0 Å². The molecule has 0 bridgehead atoms. The minimum atomic E-state index is -1.51. The molecule has 162 valence electrons. The van der Waals surface area contributed by atoms with Crippen LogP contribution in [0.1, 0.15) is 28.0 Å². The fourth-order valence-electron chi connectivity index (χ4n) is 3.17. The summed E-state index contributed by atoms with van der Waals surface area (Å²) in [5, 5.41) is 10.5. The van der Waals surface area contributed by atoms with E-state index in [1.165, 1.54) is 31.2 Å². The smallest absolute Gasteiger partial charge is 0.231 e. The molecule has 2 aromatic carbocycles. The van der Waals surface area contributed by atoms with Crippen molar-refractivity contribution in [3.05, 3.63) is 80.5 Å². The van der Waals surface area contributed by atoms with E-state index in [1.54, 1.807) is 12.1 Å². The topological polar surface area (TPSA) is 133 Å². The fraction of sp³-hybridized carbons (Fsp3) is 0.130. The van der Waals surface area contributed by atoms with Crippen molar-refractivity contribution < 1.29 is 33.0 Å². The molecule has 0 spiro atoms. The van der Waals surface area contributed by atoms with Gasteiger partial charge in [0.2, 0.25) is 6.29 Å². The first-order valence-corrected chi connectivity index (χ1v) is 9.45. The molecule has 4 aromatic rings. The molecule has 0 aliphatic carbocycles. The van der Waals surface area contributed by atoms with Gasteiger partial charge in [0.25, 0.3) is 0 Å². The predicted molar refractivity (Wildman–Crippen MR) is 112 cm³/mol. The molecule has 9 heteroatoms. The van der Waals surface area contributed by atoms with Crippen LogP contribution in [0.3, 0.4) is 0 Å². The number of benzene rings is 2. The van der Waals surface area contributed by atoms with Crippen LogP contribution in [-0.4, -0.2) is 30.1 Å². The first-order chi connectivity index (χ1) is 15.4. The maximum atomic E-state index is 12.4. The highest BCUT2D eigenvalue weighted by atomic mass is 16.6. The highest BCUT2D eigenvalue weighted by Gasteiger charge is 2.17. The van der Waals surface area contributed by atoms with Crippen LogP contribution in [-0.2, 0) is 0 Å². The molecular formula is C23H16O9. The normalized spacial score (nSPS) is 11.9. The Morgan fingerprint density at radius 3 is 2.31 bits per heavy atom.